The van der Waals surface area contributed by atoms with Gasteiger partial charge in [-0.15, -0.1) is 0 Å². The minimum atomic E-state index is -0.169. The molecule has 0 aromatic heterocycles. The lowest BCUT2D eigenvalue weighted by Gasteiger charge is -2.25. The van der Waals surface area contributed by atoms with Gasteiger partial charge < -0.3 is 5.73 Å². The highest BCUT2D eigenvalue weighted by Crippen LogP contribution is 2.42. The average Bonchev–Trinajstić information content (AvgIpc) is 2.78. The SMILES string of the molecule is NC(=O)CCN1CCCC2CC21. The van der Waals surface area contributed by atoms with Crippen LogP contribution in [0.3, 0.4) is 0 Å². The first-order valence-electron chi connectivity index (χ1n) is 4.80. The number of carbonyl (C=O) groups is 1. The van der Waals surface area contributed by atoms with Crippen LogP contribution in [0, 0.1) is 5.92 Å². The first kappa shape index (κ1) is 8.05. The summed E-state index contributed by atoms with van der Waals surface area (Å²) in [6.07, 6.45) is 4.60. The molecular formula is C9H16N2O. The Morgan fingerprint density at radius 3 is 3.17 bits per heavy atom. The molecule has 2 fully saturated rings. The zero-order valence-electron chi connectivity index (χ0n) is 7.33. The fourth-order valence-corrected chi connectivity index (χ4v) is 2.24. The van der Waals surface area contributed by atoms with Gasteiger partial charge in [-0.1, -0.05) is 0 Å². The van der Waals surface area contributed by atoms with E-state index in [4.69, 9.17) is 5.73 Å². The van der Waals surface area contributed by atoms with Crippen molar-refractivity contribution in [3.8, 4) is 0 Å². The third-order valence-corrected chi connectivity index (χ3v) is 3.02. The van der Waals surface area contributed by atoms with Crippen molar-refractivity contribution in [1.29, 1.82) is 0 Å². The Bertz CT molecular complexity index is 193. The van der Waals surface area contributed by atoms with E-state index in [2.05, 4.69) is 4.90 Å². The number of hydrogen-bond donors (Lipinski definition) is 1. The smallest absolute Gasteiger partial charge is 0.218 e. The molecule has 0 radical (unpaired) electrons. The zero-order valence-corrected chi connectivity index (χ0v) is 7.33. The molecule has 68 valence electrons. The molecule has 2 N–H and O–H groups in total. The first-order chi connectivity index (χ1) is 5.77. The minimum absolute atomic E-state index is 0.169. The van der Waals surface area contributed by atoms with E-state index < -0.39 is 0 Å². The topological polar surface area (TPSA) is 46.3 Å². The standard InChI is InChI=1S/C9H16N2O/c10-9(12)3-5-11-4-1-2-7-6-8(7)11/h7-8H,1-6H2,(H2,10,12). The van der Waals surface area contributed by atoms with E-state index >= 15 is 0 Å². The number of rotatable bonds is 3. The lowest BCUT2D eigenvalue weighted by molar-refractivity contribution is -0.118. The van der Waals surface area contributed by atoms with Gasteiger partial charge >= 0.3 is 0 Å². The Balaban J connectivity index is 1.76. The van der Waals surface area contributed by atoms with Gasteiger partial charge in [0.05, 0.1) is 0 Å². The maximum atomic E-state index is 10.6. The van der Waals surface area contributed by atoms with Gasteiger partial charge in [-0.25, -0.2) is 0 Å². The van der Waals surface area contributed by atoms with Crippen LogP contribution >= 0.6 is 0 Å². The van der Waals surface area contributed by atoms with Crippen molar-refractivity contribution in [2.45, 2.75) is 31.7 Å². The van der Waals surface area contributed by atoms with Gasteiger partial charge in [-0.3, -0.25) is 9.69 Å². The van der Waals surface area contributed by atoms with E-state index in [9.17, 15) is 4.79 Å². The molecule has 1 aliphatic heterocycles. The normalized spacial score (nSPS) is 34.3. The molecule has 12 heavy (non-hydrogen) atoms. The number of carbonyl (C=O) groups excluding carboxylic acids is 1. The quantitative estimate of drug-likeness (QED) is 0.660. The fraction of sp³-hybridized carbons (Fsp3) is 0.889. The first-order valence-corrected chi connectivity index (χ1v) is 4.80. The van der Waals surface area contributed by atoms with Crippen molar-refractivity contribution >= 4 is 5.91 Å². The summed E-state index contributed by atoms with van der Waals surface area (Å²) in [5, 5.41) is 0. The summed E-state index contributed by atoms with van der Waals surface area (Å²) in [6.45, 7) is 2.06. The van der Waals surface area contributed by atoms with E-state index in [-0.39, 0.29) is 5.91 Å². The molecule has 1 amide bonds. The molecular weight excluding hydrogens is 152 g/mol. The van der Waals surface area contributed by atoms with E-state index in [1.54, 1.807) is 0 Å². The Labute approximate surface area is 72.9 Å². The summed E-state index contributed by atoms with van der Waals surface area (Å²) >= 11 is 0. The van der Waals surface area contributed by atoms with Crippen LogP contribution in [-0.2, 0) is 4.79 Å². The van der Waals surface area contributed by atoms with Crippen LogP contribution in [0.25, 0.3) is 0 Å². The maximum Gasteiger partial charge on any atom is 0.218 e. The molecule has 3 nitrogen and oxygen atoms in total. The molecule has 0 aromatic carbocycles. The van der Waals surface area contributed by atoms with Crippen molar-refractivity contribution in [2.75, 3.05) is 13.1 Å². The van der Waals surface area contributed by atoms with Crippen LogP contribution in [0.4, 0.5) is 0 Å². The van der Waals surface area contributed by atoms with Gasteiger partial charge in [-0.2, -0.15) is 0 Å². The second-order valence-corrected chi connectivity index (χ2v) is 3.96. The van der Waals surface area contributed by atoms with Crippen molar-refractivity contribution in [3.05, 3.63) is 0 Å². The zero-order chi connectivity index (χ0) is 8.55. The number of nitrogens with zero attached hydrogens (tertiary/aromatic N) is 1. The molecule has 1 saturated heterocycles. The highest BCUT2D eigenvalue weighted by atomic mass is 16.1. The van der Waals surface area contributed by atoms with E-state index in [0.29, 0.717) is 6.42 Å². The summed E-state index contributed by atoms with van der Waals surface area (Å²) in [6, 6.07) is 0.804. The summed E-state index contributed by atoms with van der Waals surface area (Å²) in [5.74, 6) is 0.782. The fourth-order valence-electron chi connectivity index (χ4n) is 2.24. The molecule has 1 heterocycles. The van der Waals surface area contributed by atoms with Crippen molar-refractivity contribution < 1.29 is 4.79 Å². The molecule has 0 aromatic rings. The van der Waals surface area contributed by atoms with Gasteiger partial charge in [0.2, 0.25) is 5.91 Å². The molecule has 2 aliphatic rings. The monoisotopic (exact) mass is 168 g/mol. The number of fused-ring (bicyclic) bond motifs is 1. The highest BCUT2D eigenvalue weighted by Gasteiger charge is 2.43. The van der Waals surface area contributed by atoms with Crippen LogP contribution in [-0.4, -0.2) is 29.9 Å². The summed E-state index contributed by atoms with van der Waals surface area (Å²) in [7, 11) is 0. The number of amides is 1. The summed E-state index contributed by atoms with van der Waals surface area (Å²) < 4.78 is 0. The van der Waals surface area contributed by atoms with Gasteiger partial charge in [0, 0.05) is 19.0 Å². The molecule has 1 saturated carbocycles. The second kappa shape index (κ2) is 3.05. The largest absolute Gasteiger partial charge is 0.370 e. The Morgan fingerprint density at radius 1 is 1.58 bits per heavy atom. The van der Waals surface area contributed by atoms with Gasteiger partial charge in [-0.05, 0) is 31.7 Å². The van der Waals surface area contributed by atoms with Crippen LogP contribution in [0.15, 0.2) is 0 Å². The second-order valence-electron chi connectivity index (χ2n) is 3.96. The maximum absolute atomic E-state index is 10.6. The summed E-state index contributed by atoms with van der Waals surface area (Å²) in [5.41, 5.74) is 5.10. The third-order valence-electron chi connectivity index (χ3n) is 3.02. The molecule has 2 rings (SSSR count). The van der Waals surface area contributed by atoms with Crippen LogP contribution < -0.4 is 5.73 Å². The molecule has 3 heteroatoms. The highest BCUT2D eigenvalue weighted by molar-refractivity contribution is 5.73. The number of likely N-dealkylation sites (tertiary alicyclic amines) is 1. The van der Waals surface area contributed by atoms with Crippen molar-refractivity contribution in [2.24, 2.45) is 11.7 Å². The van der Waals surface area contributed by atoms with E-state index in [1.165, 1.54) is 25.8 Å². The number of hydrogen-bond acceptors (Lipinski definition) is 2. The lowest BCUT2D eigenvalue weighted by Crippen LogP contribution is -2.34. The van der Waals surface area contributed by atoms with Crippen molar-refractivity contribution in [3.63, 3.8) is 0 Å². The van der Waals surface area contributed by atoms with Gasteiger partial charge in [0.25, 0.3) is 0 Å². The molecule has 0 bridgehead atoms. The van der Waals surface area contributed by atoms with Gasteiger partial charge in [0.1, 0.15) is 0 Å². The Kier molecular flexibility index (Phi) is 2.05. The third kappa shape index (κ3) is 1.61. The lowest BCUT2D eigenvalue weighted by atomic mass is 10.1. The molecule has 2 atom stereocenters. The van der Waals surface area contributed by atoms with E-state index in [1.807, 2.05) is 0 Å². The van der Waals surface area contributed by atoms with Crippen LogP contribution in [0.2, 0.25) is 0 Å². The Morgan fingerprint density at radius 2 is 2.42 bits per heavy atom. The summed E-state index contributed by atoms with van der Waals surface area (Å²) in [4.78, 5) is 13.0. The Hall–Kier alpha value is -0.570. The van der Waals surface area contributed by atoms with E-state index in [0.717, 1.165) is 18.5 Å². The number of piperidine rings is 1. The molecule has 0 spiro atoms. The number of primary amides is 1. The number of nitrogens with two attached hydrogens (primary N) is 1. The van der Waals surface area contributed by atoms with Crippen LogP contribution in [0.1, 0.15) is 25.7 Å². The molecule has 2 unspecified atom stereocenters. The predicted molar refractivity (Wildman–Crippen MR) is 46.5 cm³/mol. The van der Waals surface area contributed by atoms with Crippen molar-refractivity contribution in [1.82, 2.24) is 4.90 Å². The van der Waals surface area contributed by atoms with Crippen LogP contribution in [0.5, 0.6) is 0 Å². The average molecular weight is 168 g/mol. The minimum Gasteiger partial charge on any atom is -0.370 e. The van der Waals surface area contributed by atoms with Gasteiger partial charge in [0.15, 0.2) is 0 Å². The predicted octanol–water partition coefficient (Wildman–Crippen LogP) is 0.346. The molecule has 1 aliphatic carbocycles.